The second-order valence-corrected chi connectivity index (χ2v) is 9.09. The molecule has 0 saturated heterocycles. The quantitative estimate of drug-likeness (QED) is 0.483. The number of nitrogens with zero attached hydrogens (tertiary/aromatic N) is 3. The summed E-state index contributed by atoms with van der Waals surface area (Å²) >= 11 is 0. The number of hydrogen-bond donors (Lipinski definition) is 1. The Kier molecular flexibility index (Phi) is 5.28. The second-order valence-electron chi connectivity index (χ2n) is 7.17. The average molecular weight is 438 g/mol. The van der Waals surface area contributed by atoms with Crippen molar-refractivity contribution < 1.29 is 17.6 Å². The molecule has 0 saturated carbocycles. The molecule has 0 unspecified atom stereocenters. The number of nitrogens with one attached hydrogen (secondary N) is 1. The van der Waals surface area contributed by atoms with Gasteiger partial charge in [0.25, 0.3) is 5.91 Å². The molecule has 0 bridgehead atoms. The SMILES string of the molecule is Cc1cc(S(=O)(=O)c2ccc(CNC(=O)c3cnc4nccn4c3)cc2)c(C)cc1F. The first-order valence-corrected chi connectivity index (χ1v) is 10.9. The molecular formula is C22H19FN4O3S. The predicted molar refractivity (Wildman–Crippen MR) is 112 cm³/mol. The van der Waals surface area contributed by atoms with Crippen LogP contribution in [-0.2, 0) is 16.4 Å². The average Bonchev–Trinajstić information content (AvgIpc) is 3.22. The summed E-state index contributed by atoms with van der Waals surface area (Å²) in [6.07, 6.45) is 6.37. The number of fused-ring (bicyclic) bond motifs is 1. The summed E-state index contributed by atoms with van der Waals surface area (Å²) in [7, 11) is -3.79. The van der Waals surface area contributed by atoms with Crippen LogP contribution in [0.2, 0.25) is 0 Å². The van der Waals surface area contributed by atoms with E-state index in [1.54, 1.807) is 42.0 Å². The first kappa shape index (κ1) is 20.7. The van der Waals surface area contributed by atoms with Crippen LogP contribution >= 0.6 is 0 Å². The highest BCUT2D eigenvalue weighted by Gasteiger charge is 2.21. The molecule has 2 aromatic carbocycles. The third-order valence-electron chi connectivity index (χ3n) is 4.94. The topological polar surface area (TPSA) is 93.4 Å². The van der Waals surface area contributed by atoms with Crippen LogP contribution in [0.15, 0.2) is 71.0 Å². The maximum atomic E-state index is 13.7. The van der Waals surface area contributed by atoms with E-state index in [0.29, 0.717) is 16.9 Å². The van der Waals surface area contributed by atoms with Gasteiger partial charge in [0, 0.05) is 31.3 Å². The molecule has 0 aliphatic rings. The van der Waals surface area contributed by atoms with Crippen molar-refractivity contribution in [1.29, 1.82) is 0 Å². The Morgan fingerprint density at radius 3 is 2.58 bits per heavy atom. The minimum Gasteiger partial charge on any atom is -0.348 e. The highest BCUT2D eigenvalue weighted by Crippen LogP contribution is 2.26. The predicted octanol–water partition coefficient (Wildman–Crippen LogP) is 3.25. The van der Waals surface area contributed by atoms with Crippen molar-refractivity contribution in [1.82, 2.24) is 19.7 Å². The molecule has 2 aromatic heterocycles. The molecule has 0 radical (unpaired) electrons. The Labute approximate surface area is 178 Å². The number of sulfone groups is 1. The Bertz CT molecular complexity index is 1400. The molecule has 0 spiro atoms. The van der Waals surface area contributed by atoms with E-state index in [2.05, 4.69) is 15.3 Å². The molecule has 2 heterocycles. The summed E-state index contributed by atoms with van der Waals surface area (Å²) in [5.41, 5.74) is 1.73. The third-order valence-corrected chi connectivity index (χ3v) is 6.85. The summed E-state index contributed by atoms with van der Waals surface area (Å²) in [4.78, 5) is 20.7. The van der Waals surface area contributed by atoms with Crippen LogP contribution in [0.25, 0.3) is 5.78 Å². The minimum atomic E-state index is -3.79. The van der Waals surface area contributed by atoms with Crippen molar-refractivity contribution in [3.63, 3.8) is 0 Å². The lowest BCUT2D eigenvalue weighted by atomic mass is 10.1. The van der Waals surface area contributed by atoms with Gasteiger partial charge in [-0.2, -0.15) is 0 Å². The van der Waals surface area contributed by atoms with Gasteiger partial charge in [-0.25, -0.2) is 22.8 Å². The largest absolute Gasteiger partial charge is 0.348 e. The van der Waals surface area contributed by atoms with E-state index in [0.717, 1.165) is 5.56 Å². The fraction of sp³-hybridized carbons (Fsp3) is 0.136. The monoisotopic (exact) mass is 438 g/mol. The smallest absolute Gasteiger partial charge is 0.254 e. The molecule has 0 aliphatic heterocycles. The molecule has 7 nitrogen and oxygen atoms in total. The number of rotatable bonds is 5. The van der Waals surface area contributed by atoms with Gasteiger partial charge in [-0.05, 0) is 54.8 Å². The van der Waals surface area contributed by atoms with Crippen molar-refractivity contribution in [2.45, 2.75) is 30.2 Å². The van der Waals surface area contributed by atoms with Crippen LogP contribution < -0.4 is 5.32 Å². The number of benzene rings is 2. The van der Waals surface area contributed by atoms with Gasteiger partial charge in [0.15, 0.2) is 0 Å². The maximum absolute atomic E-state index is 13.7. The number of halogens is 1. The summed E-state index contributed by atoms with van der Waals surface area (Å²) in [5.74, 6) is -0.248. The Morgan fingerprint density at radius 2 is 1.84 bits per heavy atom. The molecule has 0 aliphatic carbocycles. The van der Waals surface area contributed by atoms with E-state index >= 15 is 0 Å². The molecule has 4 rings (SSSR count). The first-order chi connectivity index (χ1) is 14.8. The van der Waals surface area contributed by atoms with Gasteiger partial charge in [-0.15, -0.1) is 0 Å². The highest BCUT2D eigenvalue weighted by atomic mass is 32.2. The summed E-state index contributed by atoms with van der Waals surface area (Å²) in [6, 6.07) is 8.80. The van der Waals surface area contributed by atoms with Gasteiger partial charge in [-0.3, -0.25) is 9.20 Å². The number of carbonyl (C=O) groups excluding carboxylic acids is 1. The van der Waals surface area contributed by atoms with Crippen molar-refractivity contribution in [3.05, 3.63) is 89.3 Å². The van der Waals surface area contributed by atoms with Gasteiger partial charge in [0.1, 0.15) is 5.82 Å². The minimum absolute atomic E-state index is 0.0786. The third kappa shape index (κ3) is 4.04. The van der Waals surface area contributed by atoms with Gasteiger partial charge in [0.05, 0.1) is 15.4 Å². The zero-order valence-corrected chi connectivity index (χ0v) is 17.6. The van der Waals surface area contributed by atoms with Gasteiger partial charge >= 0.3 is 0 Å². The van der Waals surface area contributed by atoms with Crippen LogP contribution in [0.3, 0.4) is 0 Å². The van der Waals surface area contributed by atoms with Crippen molar-refractivity contribution in [3.8, 4) is 0 Å². The second kappa shape index (κ2) is 7.92. The van der Waals surface area contributed by atoms with Crippen LogP contribution in [0, 0.1) is 19.7 Å². The number of aryl methyl sites for hydroxylation is 2. The molecule has 0 fully saturated rings. The number of hydrogen-bond acceptors (Lipinski definition) is 5. The molecular weight excluding hydrogens is 419 g/mol. The number of carbonyl (C=O) groups is 1. The number of imidazole rings is 1. The maximum Gasteiger partial charge on any atom is 0.254 e. The summed E-state index contributed by atoms with van der Waals surface area (Å²) in [6.45, 7) is 3.31. The molecule has 1 N–H and O–H groups in total. The van der Waals surface area contributed by atoms with Crippen LogP contribution in [0.5, 0.6) is 0 Å². The van der Waals surface area contributed by atoms with Gasteiger partial charge in [-0.1, -0.05) is 12.1 Å². The molecule has 0 atom stereocenters. The molecule has 1 amide bonds. The molecule has 4 aromatic rings. The fourth-order valence-corrected chi connectivity index (χ4v) is 4.74. The van der Waals surface area contributed by atoms with Crippen LogP contribution in [-0.4, -0.2) is 28.7 Å². The lowest BCUT2D eigenvalue weighted by Gasteiger charge is -2.11. The number of aromatic nitrogens is 3. The van der Waals surface area contributed by atoms with E-state index in [9.17, 15) is 17.6 Å². The van der Waals surface area contributed by atoms with Gasteiger partial charge < -0.3 is 5.32 Å². The van der Waals surface area contributed by atoms with E-state index in [4.69, 9.17) is 0 Å². The Morgan fingerprint density at radius 1 is 1.10 bits per heavy atom. The van der Waals surface area contributed by atoms with Gasteiger partial charge in [0.2, 0.25) is 15.6 Å². The molecule has 158 valence electrons. The fourth-order valence-electron chi connectivity index (χ4n) is 3.18. The van der Waals surface area contributed by atoms with E-state index in [-0.39, 0.29) is 27.8 Å². The lowest BCUT2D eigenvalue weighted by molar-refractivity contribution is 0.0950. The van der Waals surface area contributed by atoms with Crippen LogP contribution in [0.4, 0.5) is 4.39 Å². The zero-order chi connectivity index (χ0) is 22.2. The first-order valence-electron chi connectivity index (χ1n) is 9.43. The molecule has 31 heavy (non-hydrogen) atoms. The van der Waals surface area contributed by atoms with Crippen molar-refractivity contribution in [2.24, 2.45) is 0 Å². The normalized spacial score (nSPS) is 11.6. The zero-order valence-electron chi connectivity index (χ0n) is 16.8. The van der Waals surface area contributed by atoms with Crippen molar-refractivity contribution >= 4 is 21.5 Å². The summed E-state index contributed by atoms with van der Waals surface area (Å²) in [5, 5.41) is 2.78. The standard InChI is InChI=1S/C22H19FN4O3S/c1-14-10-20(15(2)9-19(14)23)31(29,30)18-5-3-16(4-6-18)11-25-21(28)17-12-26-22-24-7-8-27(22)13-17/h3-10,12-13H,11H2,1-2H3,(H,25,28). The van der Waals surface area contributed by atoms with E-state index in [1.807, 2.05) is 0 Å². The van der Waals surface area contributed by atoms with Crippen molar-refractivity contribution in [2.75, 3.05) is 0 Å². The molecule has 9 heteroatoms. The Hall–Kier alpha value is -3.59. The van der Waals surface area contributed by atoms with E-state index in [1.165, 1.54) is 37.4 Å². The lowest BCUT2D eigenvalue weighted by Crippen LogP contribution is -2.23. The Balaban J connectivity index is 1.49. The highest BCUT2D eigenvalue weighted by molar-refractivity contribution is 7.91. The van der Waals surface area contributed by atoms with E-state index < -0.39 is 15.7 Å². The van der Waals surface area contributed by atoms with Crippen LogP contribution in [0.1, 0.15) is 27.0 Å². The summed E-state index contributed by atoms with van der Waals surface area (Å²) < 4.78 is 41.3. The number of amides is 1.